The number of rotatable bonds is 14. The van der Waals surface area contributed by atoms with Crippen LogP contribution in [0.4, 0.5) is 0 Å². The molecule has 2 aromatic carbocycles. The van der Waals surface area contributed by atoms with Crippen molar-refractivity contribution in [2.75, 3.05) is 33.0 Å². The lowest BCUT2D eigenvalue weighted by Crippen LogP contribution is -2.44. The van der Waals surface area contributed by atoms with Gasteiger partial charge in [0.1, 0.15) is 22.9 Å². The summed E-state index contributed by atoms with van der Waals surface area (Å²) in [5.41, 5.74) is 6.02. The van der Waals surface area contributed by atoms with Gasteiger partial charge in [-0.1, -0.05) is 29.8 Å². The Balaban J connectivity index is 0.862. The number of aliphatic imine (C=N–C) groups is 1. The normalized spacial score (nSPS) is 16.8. The molecule has 288 valence electrons. The number of hydrogen-bond donors (Lipinski definition) is 2. The standard InChI is InChI=1S/C39H43ClN8O6S/c1-22-23(2)55-38-34(22)35(26-8-10-27(40)11-9-26)42-28(36-45-44-24(3)47(36)38)21-33(50)41-15-17-54-19-18-53-16-5-6-25-7-12-29-31(20-25)46(4)39(52)48(29)30-13-14-32(49)43-37(30)51/h7-12,20,28,30H,5-6,13-19,21H2,1-4H3,(H,41,50)(H,43,49,51)/t28-,30?/m0/s1. The Kier molecular flexibility index (Phi) is 11.4. The van der Waals surface area contributed by atoms with Gasteiger partial charge in [-0.15, -0.1) is 21.5 Å². The minimum Gasteiger partial charge on any atom is -0.379 e. The molecule has 0 spiro atoms. The maximum Gasteiger partial charge on any atom is 0.329 e. The number of aryl methyl sites for hydroxylation is 4. The molecule has 55 heavy (non-hydrogen) atoms. The van der Waals surface area contributed by atoms with Crippen LogP contribution >= 0.6 is 22.9 Å². The van der Waals surface area contributed by atoms with Crippen molar-refractivity contribution >= 4 is 57.4 Å². The van der Waals surface area contributed by atoms with E-state index < -0.39 is 18.0 Å². The molecule has 16 heteroatoms. The first-order chi connectivity index (χ1) is 26.5. The van der Waals surface area contributed by atoms with Crippen LogP contribution in [0.1, 0.15) is 76.5 Å². The van der Waals surface area contributed by atoms with Crippen LogP contribution in [0.25, 0.3) is 16.0 Å². The molecule has 0 aliphatic carbocycles. The molecule has 7 rings (SSSR count). The fourth-order valence-electron chi connectivity index (χ4n) is 7.14. The molecule has 1 unspecified atom stereocenters. The second kappa shape index (κ2) is 16.4. The lowest BCUT2D eigenvalue weighted by molar-refractivity contribution is -0.135. The van der Waals surface area contributed by atoms with Gasteiger partial charge in [-0.05, 0) is 75.4 Å². The Hall–Kier alpha value is -4.96. The van der Waals surface area contributed by atoms with Gasteiger partial charge in [0.05, 0.1) is 43.0 Å². The highest BCUT2D eigenvalue weighted by Gasteiger charge is 2.33. The number of nitrogens with one attached hydrogen (secondary N) is 2. The van der Waals surface area contributed by atoms with Crippen LogP contribution in [-0.2, 0) is 37.3 Å². The Morgan fingerprint density at radius 1 is 1.00 bits per heavy atom. The zero-order valence-corrected chi connectivity index (χ0v) is 32.8. The summed E-state index contributed by atoms with van der Waals surface area (Å²) in [5, 5.41) is 15.8. The molecule has 0 bridgehead atoms. The maximum absolute atomic E-state index is 13.2. The van der Waals surface area contributed by atoms with E-state index in [1.807, 2.05) is 54.0 Å². The summed E-state index contributed by atoms with van der Waals surface area (Å²) in [6.45, 7) is 8.11. The van der Waals surface area contributed by atoms with E-state index in [2.05, 4.69) is 34.7 Å². The topological polar surface area (TPSA) is 164 Å². The van der Waals surface area contributed by atoms with Crippen LogP contribution in [0.5, 0.6) is 0 Å². The molecular weight excluding hydrogens is 744 g/mol. The zero-order chi connectivity index (χ0) is 38.8. The molecule has 14 nitrogen and oxygen atoms in total. The molecule has 5 heterocycles. The number of hydrogen-bond acceptors (Lipinski definition) is 10. The van der Waals surface area contributed by atoms with E-state index in [1.54, 1.807) is 18.4 Å². The molecule has 2 aliphatic heterocycles. The molecule has 1 saturated heterocycles. The predicted molar refractivity (Wildman–Crippen MR) is 209 cm³/mol. The van der Waals surface area contributed by atoms with E-state index in [9.17, 15) is 19.2 Å². The number of ether oxygens (including phenoxy) is 2. The Bertz CT molecular complexity index is 2360. The van der Waals surface area contributed by atoms with Crippen molar-refractivity contribution in [2.24, 2.45) is 12.0 Å². The van der Waals surface area contributed by atoms with Gasteiger partial charge in [-0.3, -0.25) is 38.4 Å². The Morgan fingerprint density at radius 2 is 1.76 bits per heavy atom. The number of piperidine rings is 1. The first kappa shape index (κ1) is 38.3. The number of benzene rings is 2. The van der Waals surface area contributed by atoms with Crippen LogP contribution < -0.4 is 16.3 Å². The summed E-state index contributed by atoms with van der Waals surface area (Å²) in [6, 6.07) is 12.1. The van der Waals surface area contributed by atoms with Crippen LogP contribution in [0.15, 0.2) is 52.3 Å². The van der Waals surface area contributed by atoms with Crippen LogP contribution in [0.2, 0.25) is 5.02 Å². The number of carbonyl (C=O) groups excluding carboxylic acids is 3. The molecule has 2 atom stereocenters. The lowest BCUT2D eigenvalue weighted by atomic mass is 9.99. The number of fused-ring (bicyclic) bond motifs is 4. The SMILES string of the molecule is Cc1sc2c(c1C)C(c1ccc(Cl)cc1)=N[C@@H](CC(=O)NCCOCCOCCCc1ccc3c(c1)n(C)c(=O)n3C1CCC(=O)NC1=O)c1nnc(C)n1-2. The van der Waals surface area contributed by atoms with Crippen molar-refractivity contribution in [2.45, 2.75) is 65.0 Å². The molecule has 0 saturated carbocycles. The number of aromatic nitrogens is 5. The van der Waals surface area contributed by atoms with Crippen molar-refractivity contribution in [3.05, 3.63) is 96.8 Å². The molecule has 2 aliphatic rings. The molecular formula is C39H43ClN8O6S. The fourth-order valence-corrected chi connectivity index (χ4v) is 8.48. The van der Waals surface area contributed by atoms with Gasteiger partial charge in [-0.25, -0.2) is 4.79 Å². The molecule has 5 aromatic rings. The lowest BCUT2D eigenvalue weighted by Gasteiger charge is -2.21. The number of carbonyl (C=O) groups is 3. The summed E-state index contributed by atoms with van der Waals surface area (Å²) in [7, 11) is 1.69. The van der Waals surface area contributed by atoms with Gasteiger partial charge >= 0.3 is 5.69 Å². The smallest absolute Gasteiger partial charge is 0.329 e. The molecule has 3 amide bonds. The van der Waals surface area contributed by atoms with Crippen molar-refractivity contribution in [1.82, 2.24) is 34.5 Å². The molecule has 1 fully saturated rings. The minimum absolute atomic E-state index is 0.0974. The van der Waals surface area contributed by atoms with E-state index in [4.69, 9.17) is 26.1 Å². The highest BCUT2D eigenvalue weighted by atomic mass is 35.5. The third-order valence-corrected chi connectivity index (χ3v) is 11.6. The number of imide groups is 1. The van der Waals surface area contributed by atoms with Gasteiger partial charge in [0.15, 0.2) is 5.82 Å². The molecule has 2 N–H and O–H groups in total. The predicted octanol–water partition coefficient (Wildman–Crippen LogP) is 4.60. The highest BCUT2D eigenvalue weighted by molar-refractivity contribution is 7.15. The van der Waals surface area contributed by atoms with E-state index in [1.165, 1.54) is 14.0 Å². The minimum atomic E-state index is -0.708. The summed E-state index contributed by atoms with van der Waals surface area (Å²) >= 11 is 7.88. The molecule has 3 aromatic heterocycles. The Labute approximate surface area is 326 Å². The van der Waals surface area contributed by atoms with Crippen molar-refractivity contribution in [1.29, 1.82) is 0 Å². The van der Waals surface area contributed by atoms with E-state index in [-0.39, 0.29) is 30.3 Å². The van der Waals surface area contributed by atoms with E-state index in [0.717, 1.165) is 57.1 Å². The van der Waals surface area contributed by atoms with Crippen molar-refractivity contribution < 1.29 is 23.9 Å². The first-order valence-electron chi connectivity index (χ1n) is 18.3. The van der Waals surface area contributed by atoms with Crippen molar-refractivity contribution in [3.63, 3.8) is 0 Å². The largest absolute Gasteiger partial charge is 0.379 e. The average Bonchev–Trinajstić information content (AvgIpc) is 3.73. The van der Waals surface area contributed by atoms with Gasteiger partial charge in [0, 0.05) is 47.6 Å². The summed E-state index contributed by atoms with van der Waals surface area (Å²) in [5.74, 6) is 0.431. The fraction of sp³-hybridized carbons (Fsp3) is 0.410. The van der Waals surface area contributed by atoms with Gasteiger partial charge in [0.25, 0.3) is 0 Å². The number of amides is 3. The zero-order valence-electron chi connectivity index (χ0n) is 31.2. The molecule has 0 radical (unpaired) electrons. The number of thiophene rings is 1. The quantitative estimate of drug-likeness (QED) is 0.122. The van der Waals surface area contributed by atoms with Crippen molar-refractivity contribution in [3.8, 4) is 5.00 Å². The average molecular weight is 787 g/mol. The summed E-state index contributed by atoms with van der Waals surface area (Å²) < 4.78 is 16.5. The first-order valence-corrected chi connectivity index (χ1v) is 19.5. The second-order valence-corrected chi connectivity index (χ2v) is 15.4. The van der Waals surface area contributed by atoms with E-state index in [0.29, 0.717) is 55.8 Å². The highest BCUT2D eigenvalue weighted by Crippen LogP contribution is 2.39. The Morgan fingerprint density at radius 3 is 2.53 bits per heavy atom. The summed E-state index contributed by atoms with van der Waals surface area (Å²) in [6.07, 6.45) is 2.11. The maximum atomic E-state index is 13.2. The summed E-state index contributed by atoms with van der Waals surface area (Å²) in [4.78, 5) is 56.6. The van der Waals surface area contributed by atoms with E-state index >= 15 is 0 Å². The van der Waals surface area contributed by atoms with Gasteiger partial charge in [0.2, 0.25) is 17.7 Å². The number of nitrogens with zero attached hydrogens (tertiary/aromatic N) is 6. The third kappa shape index (κ3) is 7.92. The number of halogens is 1. The number of imidazole rings is 1. The van der Waals surface area contributed by atoms with Crippen LogP contribution in [-0.4, -0.2) is 80.3 Å². The van der Waals surface area contributed by atoms with Crippen LogP contribution in [0, 0.1) is 20.8 Å². The van der Waals surface area contributed by atoms with Gasteiger partial charge in [-0.2, -0.15) is 0 Å². The second-order valence-electron chi connectivity index (χ2n) is 13.8. The van der Waals surface area contributed by atoms with Gasteiger partial charge < -0.3 is 14.8 Å². The monoisotopic (exact) mass is 786 g/mol. The van der Waals surface area contributed by atoms with Crippen LogP contribution in [0.3, 0.4) is 0 Å². The third-order valence-electron chi connectivity index (χ3n) is 10.1.